The van der Waals surface area contributed by atoms with E-state index in [0.717, 1.165) is 17.8 Å². The van der Waals surface area contributed by atoms with Crippen LogP contribution in [0.5, 0.6) is 0 Å². The molecule has 126 valence electrons. The maximum atomic E-state index is 11.6. The fraction of sp³-hybridized carbons (Fsp3) is 0.0769. The number of carbonyl (C=O) groups is 2. The first kappa shape index (κ1) is 17.8. The minimum absolute atomic E-state index is 0.133. The van der Waals surface area contributed by atoms with Crippen molar-refractivity contribution in [3.63, 3.8) is 0 Å². The topological polar surface area (TPSA) is 134 Å². The zero-order chi connectivity index (χ0) is 17.7. The van der Waals surface area contributed by atoms with Gasteiger partial charge in [-0.3, -0.25) is 14.7 Å². The smallest absolute Gasteiger partial charge is 0.331 e. The number of methoxy groups -OCH3 is 1. The monoisotopic (exact) mass is 369 g/mol. The Morgan fingerprint density at radius 1 is 1.33 bits per heavy atom. The molecule has 1 heterocycles. The Morgan fingerprint density at radius 2 is 2.00 bits per heavy atom. The zero-order valence-electron chi connectivity index (χ0n) is 12.2. The standard InChI is InChI=1S/C13H11N3O6S2/c1-22-11(17)6-10-12(18)15-13(23-10)16-14-7-8-2-4-9(5-3-8)24(19,20)21/h2-7H,1H3,(H,15,16,18)(H,19,20,21)/b10-6+,14-7?. The van der Waals surface area contributed by atoms with Crippen LogP contribution in [0.2, 0.25) is 0 Å². The quantitative estimate of drug-likeness (QED) is 0.260. The lowest BCUT2D eigenvalue weighted by atomic mass is 10.2. The highest BCUT2D eigenvalue weighted by atomic mass is 32.2. The molecule has 9 nitrogen and oxygen atoms in total. The molecular formula is C13H11N3O6S2. The van der Waals surface area contributed by atoms with Crippen molar-refractivity contribution in [1.82, 2.24) is 5.32 Å². The number of benzene rings is 1. The third-order valence-electron chi connectivity index (χ3n) is 2.63. The number of nitrogens with one attached hydrogen (secondary N) is 1. The molecule has 0 atom stereocenters. The van der Waals surface area contributed by atoms with Crippen molar-refractivity contribution in [1.29, 1.82) is 0 Å². The van der Waals surface area contributed by atoms with Crippen LogP contribution in [0.4, 0.5) is 0 Å². The van der Waals surface area contributed by atoms with Crippen LogP contribution in [0.1, 0.15) is 5.56 Å². The van der Waals surface area contributed by atoms with Crippen LogP contribution < -0.4 is 5.32 Å². The first-order chi connectivity index (χ1) is 11.3. The number of amides is 1. The van der Waals surface area contributed by atoms with E-state index in [4.69, 9.17) is 4.55 Å². The average molecular weight is 369 g/mol. The molecule has 24 heavy (non-hydrogen) atoms. The number of rotatable bonds is 4. The second-order valence-electron chi connectivity index (χ2n) is 4.28. The van der Waals surface area contributed by atoms with Crippen molar-refractivity contribution in [3.8, 4) is 0 Å². The summed E-state index contributed by atoms with van der Waals surface area (Å²) in [7, 11) is -3.05. The molecular weight excluding hydrogens is 358 g/mol. The van der Waals surface area contributed by atoms with E-state index in [0.29, 0.717) is 5.56 Å². The Kier molecular flexibility index (Phi) is 5.49. The van der Waals surface area contributed by atoms with E-state index < -0.39 is 22.0 Å². The summed E-state index contributed by atoms with van der Waals surface area (Å²) in [6, 6.07) is 5.28. The van der Waals surface area contributed by atoms with Crippen LogP contribution in [0.3, 0.4) is 0 Å². The third kappa shape index (κ3) is 4.75. The van der Waals surface area contributed by atoms with Crippen molar-refractivity contribution >= 4 is 45.1 Å². The number of carbonyl (C=O) groups excluding carboxylic acids is 2. The Labute approximate surface area is 141 Å². The molecule has 2 N–H and O–H groups in total. The van der Waals surface area contributed by atoms with Gasteiger partial charge in [0.25, 0.3) is 16.0 Å². The summed E-state index contributed by atoms with van der Waals surface area (Å²) in [5, 5.41) is 10.1. The van der Waals surface area contributed by atoms with Crippen LogP contribution in [-0.4, -0.2) is 43.3 Å². The van der Waals surface area contributed by atoms with Crippen LogP contribution in [0, 0.1) is 0 Å². The van der Waals surface area contributed by atoms with Gasteiger partial charge in [0.2, 0.25) is 0 Å². The lowest BCUT2D eigenvalue weighted by molar-refractivity contribution is -0.135. The fourth-order valence-corrected chi connectivity index (χ4v) is 2.73. The SMILES string of the molecule is COC(=O)/C=C1/S/C(=N\N=Cc2ccc(S(=O)(=O)O)cc2)NC1=O. The van der Waals surface area contributed by atoms with E-state index in [1.165, 1.54) is 37.6 Å². The minimum Gasteiger partial charge on any atom is -0.466 e. The van der Waals surface area contributed by atoms with Crippen LogP contribution >= 0.6 is 11.8 Å². The molecule has 0 unspecified atom stereocenters. The first-order valence-electron chi connectivity index (χ1n) is 6.27. The summed E-state index contributed by atoms with van der Waals surface area (Å²) in [6.07, 6.45) is 2.37. The van der Waals surface area contributed by atoms with E-state index in [9.17, 15) is 18.0 Å². The molecule has 0 spiro atoms. The van der Waals surface area contributed by atoms with Crippen LogP contribution in [0.25, 0.3) is 0 Å². The highest BCUT2D eigenvalue weighted by molar-refractivity contribution is 8.18. The highest BCUT2D eigenvalue weighted by Gasteiger charge is 2.24. The van der Waals surface area contributed by atoms with Gasteiger partial charge in [-0.05, 0) is 29.5 Å². The number of hydrogen-bond donors (Lipinski definition) is 2. The summed E-state index contributed by atoms with van der Waals surface area (Å²) in [6.45, 7) is 0. The summed E-state index contributed by atoms with van der Waals surface area (Å²) >= 11 is 0.927. The molecule has 0 saturated carbocycles. The lowest BCUT2D eigenvalue weighted by Gasteiger charge is -1.96. The Morgan fingerprint density at radius 3 is 2.58 bits per heavy atom. The van der Waals surface area contributed by atoms with Gasteiger partial charge >= 0.3 is 5.97 Å². The molecule has 1 aliphatic heterocycles. The summed E-state index contributed by atoms with van der Waals surface area (Å²) in [5.41, 5.74) is 0.534. The van der Waals surface area contributed by atoms with E-state index in [2.05, 4.69) is 20.3 Å². The van der Waals surface area contributed by atoms with Crippen molar-refractivity contribution in [2.45, 2.75) is 4.90 Å². The van der Waals surface area contributed by atoms with E-state index in [1.54, 1.807) is 0 Å². The van der Waals surface area contributed by atoms with Gasteiger partial charge in [-0.25, -0.2) is 4.79 Å². The average Bonchev–Trinajstić information content (AvgIpc) is 2.86. The Hall–Kier alpha value is -2.50. The minimum atomic E-state index is -4.24. The number of nitrogens with zero attached hydrogens (tertiary/aromatic N) is 2. The maximum Gasteiger partial charge on any atom is 0.331 e. The number of hydrogen-bond acceptors (Lipinski definition) is 8. The van der Waals surface area contributed by atoms with Crippen LogP contribution in [0.15, 0.2) is 50.3 Å². The Balaban J connectivity index is 2.06. The lowest BCUT2D eigenvalue weighted by Crippen LogP contribution is -2.19. The molecule has 1 aromatic carbocycles. The molecule has 0 aliphatic carbocycles. The van der Waals surface area contributed by atoms with Gasteiger partial charge in [-0.1, -0.05) is 12.1 Å². The first-order valence-corrected chi connectivity index (χ1v) is 8.52. The summed E-state index contributed by atoms with van der Waals surface area (Å²) < 4.78 is 35.1. The maximum absolute atomic E-state index is 11.6. The number of amidine groups is 1. The number of ether oxygens (including phenoxy) is 1. The molecule has 11 heteroatoms. The summed E-state index contributed by atoms with van der Waals surface area (Å²) in [5.74, 6) is -1.15. The molecule has 0 bridgehead atoms. The number of esters is 1. The van der Waals surface area contributed by atoms with Gasteiger partial charge < -0.3 is 4.74 Å². The molecule has 1 amide bonds. The van der Waals surface area contributed by atoms with Crippen LogP contribution in [-0.2, 0) is 24.4 Å². The van der Waals surface area contributed by atoms with Crippen molar-refractivity contribution in [2.24, 2.45) is 10.2 Å². The predicted octanol–water partition coefficient (Wildman–Crippen LogP) is 0.543. The van der Waals surface area contributed by atoms with Gasteiger partial charge in [0.05, 0.1) is 23.1 Å². The van der Waals surface area contributed by atoms with Gasteiger partial charge in [0.15, 0.2) is 5.17 Å². The van der Waals surface area contributed by atoms with Gasteiger partial charge in [0.1, 0.15) is 0 Å². The second kappa shape index (κ2) is 7.38. The van der Waals surface area contributed by atoms with Gasteiger partial charge in [0, 0.05) is 6.08 Å². The largest absolute Gasteiger partial charge is 0.466 e. The molecule has 1 aromatic rings. The van der Waals surface area contributed by atoms with E-state index >= 15 is 0 Å². The van der Waals surface area contributed by atoms with Crippen molar-refractivity contribution in [3.05, 3.63) is 40.8 Å². The van der Waals surface area contributed by atoms with E-state index in [1.807, 2.05) is 0 Å². The Bertz CT molecular complexity index is 856. The molecule has 0 radical (unpaired) electrons. The normalized spacial score (nSPS) is 18.3. The van der Waals surface area contributed by atoms with Gasteiger partial charge in [-0.15, -0.1) is 5.10 Å². The highest BCUT2D eigenvalue weighted by Crippen LogP contribution is 2.23. The second-order valence-corrected chi connectivity index (χ2v) is 6.73. The van der Waals surface area contributed by atoms with Crippen molar-refractivity contribution in [2.75, 3.05) is 7.11 Å². The van der Waals surface area contributed by atoms with Crippen molar-refractivity contribution < 1.29 is 27.3 Å². The molecule has 1 fully saturated rings. The summed E-state index contributed by atoms with van der Waals surface area (Å²) in [4.78, 5) is 22.6. The van der Waals surface area contributed by atoms with Gasteiger partial charge in [-0.2, -0.15) is 13.5 Å². The molecule has 1 aliphatic rings. The predicted molar refractivity (Wildman–Crippen MR) is 87.1 cm³/mol. The fourth-order valence-electron chi connectivity index (χ4n) is 1.51. The molecule has 0 aromatic heterocycles. The molecule has 1 saturated heterocycles. The number of thioether (sulfide) groups is 1. The molecule has 2 rings (SSSR count). The zero-order valence-corrected chi connectivity index (χ0v) is 13.8. The third-order valence-corrected chi connectivity index (χ3v) is 4.40. The van der Waals surface area contributed by atoms with E-state index in [-0.39, 0.29) is 15.0 Å².